The average Bonchev–Trinajstić information content (AvgIpc) is 3.43. The first kappa shape index (κ1) is 39.5. The molecule has 2 fully saturated rings. The van der Waals surface area contributed by atoms with Gasteiger partial charge in [-0.2, -0.15) is 39.5 Å². The number of carbonyl (C=O) groups excluding carboxylic acids is 1. The highest BCUT2D eigenvalue weighted by molar-refractivity contribution is 5.92. The Hall–Kier alpha value is -4.53. The van der Waals surface area contributed by atoms with E-state index in [0.717, 1.165) is 38.2 Å². The van der Waals surface area contributed by atoms with E-state index in [4.69, 9.17) is 34.4 Å². The smallest absolute Gasteiger partial charge is 0.475 e. The van der Waals surface area contributed by atoms with Gasteiger partial charge in [0.05, 0.1) is 23.9 Å². The van der Waals surface area contributed by atoms with Crippen molar-refractivity contribution >= 4 is 29.5 Å². The van der Waals surface area contributed by atoms with E-state index in [-0.39, 0.29) is 17.9 Å². The lowest BCUT2D eigenvalue weighted by Gasteiger charge is -2.40. The summed E-state index contributed by atoms with van der Waals surface area (Å²) in [5, 5.41) is 24.4. The van der Waals surface area contributed by atoms with Gasteiger partial charge >= 0.3 is 36.4 Å². The van der Waals surface area contributed by atoms with Crippen LogP contribution in [0.2, 0.25) is 0 Å². The van der Waals surface area contributed by atoms with Crippen LogP contribution in [0.25, 0.3) is 0 Å². The summed E-state index contributed by atoms with van der Waals surface area (Å²) in [6.45, 7) is 2.35. The van der Waals surface area contributed by atoms with Crippen molar-refractivity contribution in [1.29, 1.82) is 0 Å². The molecule has 0 unspecified atom stereocenters. The van der Waals surface area contributed by atoms with Crippen LogP contribution in [-0.2, 0) is 30.5 Å². The maximum Gasteiger partial charge on any atom is 0.490 e. The first-order valence-electron chi connectivity index (χ1n) is 12.5. The maximum atomic E-state index is 12.7. The summed E-state index contributed by atoms with van der Waals surface area (Å²) in [6, 6.07) is 8.14. The number of aliphatic carboxylic acids is 3. The van der Waals surface area contributed by atoms with Crippen LogP contribution in [0.5, 0.6) is 0 Å². The fourth-order valence-corrected chi connectivity index (χ4v) is 3.83. The standard InChI is InChI=1S/C19H22N4O2.3C2HF3O2/c24-19(22-16-2-1-6-21-11-16)15-10-18-17(5-9-25-18)23(13-15)12-14-3-7-20-8-4-14;3*3-2(4,5)1(6)7/h1-4,6-8,11,15,17-18H,5,9-10,12-13H2,(H,22,24);3*(H,6,7)/t15-,17+,18+;;;/m0.../s1. The Morgan fingerprint density at radius 1 is 0.826 bits per heavy atom. The van der Waals surface area contributed by atoms with Crippen molar-refractivity contribution in [2.24, 2.45) is 5.92 Å². The van der Waals surface area contributed by atoms with Crippen LogP contribution < -0.4 is 5.32 Å². The summed E-state index contributed by atoms with van der Waals surface area (Å²) in [7, 11) is 0. The van der Waals surface area contributed by atoms with Crippen LogP contribution in [0.1, 0.15) is 18.4 Å². The van der Waals surface area contributed by atoms with E-state index in [9.17, 15) is 44.3 Å². The molecule has 4 rings (SSSR count). The third kappa shape index (κ3) is 14.5. The number of anilines is 1. The molecule has 0 bridgehead atoms. The quantitative estimate of drug-likeness (QED) is 0.343. The molecule has 256 valence electrons. The number of fused-ring (bicyclic) bond motifs is 1. The van der Waals surface area contributed by atoms with Gasteiger partial charge in [-0.25, -0.2) is 14.4 Å². The van der Waals surface area contributed by atoms with Gasteiger partial charge in [0.15, 0.2) is 0 Å². The number of carboxylic acid groups (broad SMARTS) is 3. The van der Waals surface area contributed by atoms with Gasteiger partial charge in [0.25, 0.3) is 0 Å². The van der Waals surface area contributed by atoms with Crippen LogP contribution in [0, 0.1) is 5.92 Å². The molecule has 3 atom stereocenters. The van der Waals surface area contributed by atoms with Gasteiger partial charge in [0, 0.05) is 44.3 Å². The van der Waals surface area contributed by atoms with E-state index in [1.807, 2.05) is 36.7 Å². The second-order valence-electron chi connectivity index (χ2n) is 9.12. The summed E-state index contributed by atoms with van der Waals surface area (Å²) in [6.07, 6.45) is -6.30. The predicted octanol–water partition coefficient (Wildman–Crippen LogP) is 3.99. The number of amides is 1. The van der Waals surface area contributed by atoms with Gasteiger partial charge in [-0.3, -0.25) is 19.7 Å². The van der Waals surface area contributed by atoms with E-state index in [1.54, 1.807) is 12.4 Å². The van der Waals surface area contributed by atoms with E-state index in [0.29, 0.717) is 6.04 Å². The third-order valence-corrected chi connectivity index (χ3v) is 5.78. The molecule has 2 aliphatic rings. The summed E-state index contributed by atoms with van der Waals surface area (Å²) < 4.78 is 101. The van der Waals surface area contributed by atoms with Gasteiger partial charge in [-0.15, -0.1) is 0 Å². The molecule has 0 saturated carbocycles. The number of hydrogen-bond donors (Lipinski definition) is 4. The summed E-state index contributed by atoms with van der Waals surface area (Å²) in [4.78, 5) is 49.9. The Morgan fingerprint density at radius 2 is 1.33 bits per heavy atom. The number of alkyl halides is 9. The normalized spacial score (nSPS) is 19.4. The molecule has 2 aliphatic heterocycles. The lowest BCUT2D eigenvalue weighted by Crippen LogP contribution is -2.51. The number of carboxylic acids is 3. The molecule has 0 spiro atoms. The zero-order valence-corrected chi connectivity index (χ0v) is 23.0. The molecular weight excluding hydrogens is 655 g/mol. The number of pyridine rings is 2. The van der Waals surface area contributed by atoms with E-state index >= 15 is 0 Å². The molecule has 0 aromatic carbocycles. The second kappa shape index (κ2) is 17.2. The zero-order chi connectivity index (χ0) is 35.3. The Labute approximate surface area is 252 Å². The first-order chi connectivity index (χ1) is 21.1. The minimum atomic E-state index is -5.08. The van der Waals surface area contributed by atoms with Crippen molar-refractivity contribution < 1.29 is 78.7 Å². The highest BCUT2D eigenvalue weighted by Crippen LogP contribution is 2.33. The van der Waals surface area contributed by atoms with Crippen LogP contribution in [0.3, 0.4) is 0 Å². The summed E-state index contributed by atoms with van der Waals surface area (Å²) in [5.41, 5.74) is 1.96. The highest BCUT2D eigenvalue weighted by atomic mass is 19.4. The van der Waals surface area contributed by atoms with Gasteiger partial charge in [0.1, 0.15) is 0 Å². The molecule has 2 aromatic heterocycles. The number of nitrogens with zero attached hydrogens (tertiary/aromatic N) is 3. The third-order valence-electron chi connectivity index (χ3n) is 5.78. The predicted molar refractivity (Wildman–Crippen MR) is 135 cm³/mol. The number of ether oxygens (including phenoxy) is 1. The van der Waals surface area contributed by atoms with Crippen LogP contribution >= 0.6 is 0 Å². The Bertz CT molecular complexity index is 1220. The Balaban J connectivity index is 0.000000413. The number of carbonyl (C=O) groups is 4. The van der Waals surface area contributed by atoms with Crippen molar-refractivity contribution in [3.05, 3.63) is 54.6 Å². The molecule has 2 aromatic rings. The van der Waals surface area contributed by atoms with Gasteiger partial charge < -0.3 is 25.4 Å². The summed E-state index contributed by atoms with van der Waals surface area (Å²) >= 11 is 0. The first-order valence-corrected chi connectivity index (χ1v) is 12.5. The Kier molecular flexibility index (Phi) is 14.8. The number of likely N-dealkylation sites (tertiary alicyclic amines) is 1. The van der Waals surface area contributed by atoms with E-state index in [1.165, 1.54) is 5.56 Å². The number of piperidine rings is 1. The second-order valence-corrected chi connectivity index (χ2v) is 9.12. The zero-order valence-electron chi connectivity index (χ0n) is 23.0. The minimum Gasteiger partial charge on any atom is -0.475 e. The molecule has 46 heavy (non-hydrogen) atoms. The molecular formula is C25H25F9N4O8. The topological polar surface area (TPSA) is 179 Å². The molecule has 1 amide bonds. The molecule has 21 heteroatoms. The fourth-order valence-electron chi connectivity index (χ4n) is 3.83. The van der Waals surface area contributed by atoms with Crippen molar-refractivity contribution in [3.8, 4) is 0 Å². The molecule has 4 heterocycles. The molecule has 4 N–H and O–H groups in total. The van der Waals surface area contributed by atoms with Crippen molar-refractivity contribution in [3.63, 3.8) is 0 Å². The largest absolute Gasteiger partial charge is 0.490 e. The number of nitrogens with one attached hydrogen (secondary N) is 1. The van der Waals surface area contributed by atoms with Crippen LogP contribution in [0.4, 0.5) is 45.2 Å². The summed E-state index contributed by atoms with van der Waals surface area (Å²) in [5.74, 6) is -8.31. The number of rotatable bonds is 4. The minimum absolute atomic E-state index is 0.0432. The van der Waals surface area contributed by atoms with Crippen molar-refractivity contribution in [1.82, 2.24) is 14.9 Å². The van der Waals surface area contributed by atoms with Gasteiger partial charge in [0.2, 0.25) is 5.91 Å². The fraction of sp³-hybridized carbons (Fsp3) is 0.440. The van der Waals surface area contributed by atoms with Crippen molar-refractivity contribution in [2.45, 2.75) is 50.1 Å². The van der Waals surface area contributed by atoms with Crippen molar-refractivity contribution in [2.75, 3.05) is 18.5 Å². The lowest BCUT2D eigenvalue weighted by molar-refractivity contribution is -0.193. The molecule has 0 aliphatic carbocycles. The van der Waals surface area contributed by atoms with Gasteiger partial charge in [-0.1, -0.05) is 0 Å². The molecule has 12 nitrogen and oxygen atoms in total. The average molecular weight is 680 g/mol. The monoisotopic (exact) mass is 680 g/mol. The molecule has 2 saturated heterocycles. The van der Waals surface area contributed by atoms with E-state index < -0.39 is 36.4 Å². The van der Waals surface area contributed by atoms with Crippen LogP contribution in [-0.4, -0.2) is 97.8 Å². The Morgan fingerprint density at radius 3 is 1.76 bits per heavy atom. The highest BCUT2D eigenvalue weighted by Gasteiger charge is 2.42. The lowest BCUT2D eigenvalue weighted by atomic mass is 9.89. The molecule has 0 radical (unpaired) electrons. The maximum absolute atomic E-state index is 12.7. The number of hydrogen-bond acceptors (Lipinski definition) is 8. The van der Waals surface area contributed by atoms with E-state index in [2.05, 4.69) is 20.2 Å². The van der Waals surface area contributed by atoms with Crippen LogP contribution in [0.15, 0.2) is 49.1 Å². The number of aromatic nitrogens is 2. The number of halogens is 9. The SMILES string of the molecule is O=C(Nc1cccnc1)[C@H]1C[C@H]2OCC[C@H]2N(Cc2ccncc2)C1.O=C(O)C(F)(F)F.O=C(O)C(F)(F)F.O=C(O)C(F)(F)F. The van der Waals surface area contributed by atoms with Gasteiger partial charge in [-0.05, 0) is 42.7 Å².